The molecule has 33 heavy (non-hydrogen) atoms. The van der Waals surface area contributed by atoms with Gasteiger partial charge in [-0.25, -0.2) is 4.79 Å². The molecule has 0 spiro atoms. The number of carbonyl (C=O) groups is 4. The average Bonchev–Trinajstić information content (AvgIpc) is 2.72. The molecule has 0 saturated carbocycles. The van der Waals surface area contributed by atoms with Gasteiger partial charge in [0.1, 0.15) is 18.3 Å². The molecule has 1 aromatic heterocycles. The Morgan fingerprint density at radius 2 is 1.97 bits per heavy atom. The molecule has 0 aliphatic carbocycles. The van der Waals surface area contributed by atoms with E-state index >= 15 is 0 Å². The summed E-state index contributed by atoms with van der Waals surface area (Å²) in [6.07, 6.45) is 4.78. The minimum Gasteiger partial charge on any atom is -0.463 e. The van der Waals surface area contributed by atoms with Crippen LogP contribution in [0.2, 0.25) is 0 Å². The van der Waals surface area contributed by atoms with Gasteiger partial charge in [0.15, 0.2) is 0 Å². The molecule has 11 nitrogen and oxygen atoms in total. The second kappa shape index (κ2) is 14.6. The normalized spacial score (nSPS) is 11.8. The molecule has 0 unspecified atom stereocenters. The summed E-state index contributed by atoms with van der Waals surface area (Å²) in [5.41, 5.74) is -0.557. The van der Waals surface area contributed by atoms with Crippen LogP contribution in [-0.2, 0) is 30.5 Å². The van der Waals surface area contributed by atoms with Gasteiger partial charge in [-0.15, -0.1) is 0 Å². The van der Waals surface area contributed by atoms with Gasteiger partial charge >= 0.3 is 5.97 Å². The minimum absolute atomic E-state index is 0.0130. The number of hydrogen-bond donors (Lipinski definition) is 3. The third-order valence-electron chi connectivity index (χ3n) is 4.33. The Kier molecular flexibility index (Phi) is 12.2. The van der Waals surface area contributed by atoms with Crippen molar-refractivity contribution in [2.24, 2.45) is 0 Å². The molecule has 0 aliphatic heterocycles. The van der Waals surface area contributed by atoms with Crippen LogP contribution in [0.3, 0.4) is 0 Å². The van der Waals surface area contributed by atoms with Crippen LogP contribution in [0, 0.1) is 0 Å². The van der Waals surface area contributed by atoms with Gasteiger partial charge in [0.2, 0.25) is 17.7 Å². The Hall–Kier alpha value is -3.47. The van der Waals surface area contributed by atoms with Gasteiger partial charge in [-0.1, -0.05) is 6.08 Å². The number of nitrogens with zero attached hydrogens (tertiary/aromatic N) is 2. The monoisotopic (exact) mass is 463 g/mol. The van der Waals surface area contributed by atoms with Crippen molar-refractivity contribution < 1.29 is 23.9 Å². The smallest absolute Gasteiger partial charge is 0.330 e. The van der Waals surface area contributed by atoms with Crippen LogP contribution in [-0.4, -0.2) is 73.0 Å². The maximum Gasteiger partial charge on any atom is 0.330 e. The van der Waals surface area contributed by atoms with Crippen LogP contribution in [0.1, 0.15) is 26.7 Å². The van der Waals surface area contributed by atoms with Crippen LogP contribution >= 0.6 is 0 Å². The quantitative estimate of drug-likeness (QED) is 0.274. The van der Waals surface area contributed by atoms with Crippen LogP contribution in [0.25, 0.3) is 0 Å². The molecule has 11 heteroatoms. The Morgan fingerprint density at radius 3 is 2.61 bits per heavy atom. The number of pyridine rings is 1. The predicted molar refractivity (Wildman–Crippen MR) is 124 cm³/mol. The second-order valence-electron chi connectivity index (χ2n) is 7.48. The van der Waals surface area contributed by atoms with Gasteiger partial charge < -0.3 is 30.2 Å². The number of carbonyl (C=O) groups excluding carboxylic acids is 4. The van der Waals surface area contributed by atoms with Gasteiger partial charge in [-0.05, 0) is 46.0 Å². The van der Waals surface area contributed by atoms with E-state index in [1.807, 2.05) is 19.0 Å². The van der Waals surface area contributed by atoms with E-state index in [1.54, 1.807) is 19.1 Å². The van der Waals surface area contributed by atoms with Crippen LogP contribution in [0.15, 0.2) is 35.3 Å². The number of allylic oxidation sites excluding steroid dienone is 1. The first-order valence-corrected chi connectivity index (χ1v) is 10.7. The van der Waals surface area contributed by atoms with Crippen molar-refractivity contribution in [2.75, 3.05) is 39.1 Å². The molecule has 0 aliphatic rings. The zero-order chi connectivity index (χ0) is 24.8. The lowest BCUT2D eigenvalue weighted by molar-refractivity contribution is -0.137. The summed E-state index contributed by atoms with van der Waals surface area (Å²) in [5, 5.41) is 7.77. The molecule has 0 radical (unpaired) electrons. The molecular weight excluding hydrogens is 430 g/mol. The molecule has 1 rings (SSSR count). The van der Waals surface area contributed by atoms with E-state index in [4.69, 9.17) is 4.74 Å². The largest absolute Gasteiger partial charge is 0.463 e. The zero-order valence-corrected chi connectivity index (χ0v) is 19.6. The Bertz CT molecular complexity index is 909. The fourth-order valence-electron chi connectivity index (χ4n) is 2.75. The molecule has 0 bridgehead atoms. The van der Waals surface area contributed by atoms with Crippen LogP contribution in [0.5, 0.6) is 0 Å². The van der Waals surface area contributed by atoms with Crippen LogP contribution in [0.4, 0.5) is 5.69 Å². The third kappa shape index (κ3) is 11.1. The fourth-order valence-corrected chi connectivity index (χ4v) is 2.75. The van der Waals surface area contributed by atoms with E-state index < -0.39 is 29.4 Å². The molecule has 1 atom stereocenters. The Balaban J connectivity index is 2.79. The van der Waals surface area contributed by atoms with Gasteiger partial charge in [0, 0.05) is 32.3 Å². The fraction of sp³-hybridized carbons (Fsp3) is 0.500. The first-order valence-electron chi connectivity index (χ1n) is 10.7. The standard InChI is InChI=1S/C22H33N5O6/c1-5-33-20(30)11-7-6-9-17(24-16(2)28)21(31)25-18-10-8-13-27(22(18)32)15-19(29)23-12-14-26(3)4/h7-8,10-11,13,17H,5-6,9,12,14-15H2,1-4H3,(H,23,29)(H,24,28)(H,25,31)/b11-7+/t17-/m0/s1. The van der Waals surface area contributed by atoms with E-state index in [0.29, 0.717) is 19.5 Å². The van der Waals surface area contributed by atoms with Crippen molar-refractivity contribution in [2.45, 2.75) is 39.3 Å². The highest BCUT2D eigenvalue weighted by molar-refractivity contribution is 5.96. The van der Waals surface area contributed by atoms with E-state index in [1.165, 1.54) is 29.8 Å². The first kappa shape index (κ1) is 27.6. The third-order valence-corrected chi connectivity index (χ3v) is 4.33. The second-order valence-corrected chi connectivity index (χ2v) is 7.48. The topological polar surface area (TPSA) is 139 Å². The summed E-state index contributed by atoms with van der Waals surface area (Å²) < 4.78 is 5.97. The average molecular weight is 464 g/mol. The number of rotatable bonds is 13. The molecule has 3 amide bonds. The number of likely N-dealkylation sites (N-methyl/N-ethyl adjacent to an activating group) is 1. The van der Waals surface area contributed by atoms with Crippen molar-refractivity contribution >= 4 is 29.4 Å². The van der Waals surface area contributed by atoms with Gasteiger partial charge in [-0.2, -0.15) is 0 Å². The number of esters is 1. The van der Waals surface area contributed by atoms with E-state index in [0.717, 1.165) is 0 Å². The highest BCUT2D eigenvalue weighted by Crippen LogP contribution is 2.05. The van der Waals surface area contributed by atoms with Crippen molar-refractivity contribution in [3.63, 3.8) is 0 Å². The van der Waals surface area contributed by atoms with Crippen molar-refractivity contribution in [1.29, 1.82) is 0 Å². The lowest BCUT2D eigenvalue weighted by atomic mass is 10.1. The SMILES string of the molecule is CCOC(=O)/C=C/CC[C@H](NC(C)=O)C(=O)Nc1cccn(CC(=O)NCCN(C)C)c1=O. The number of nitrogens with one attached hydrogen (secondary N) is 3. The number of anilines is 1. The van der Waals surface area contributed by atoms with E-state index in [9.17, 15) is 24.0 Å². The van der Waals surface area contributed by atoms with Crippen LogP contribution < -0.4 is 21.5 Å². The Labute approximate surface area is 193 Å². The predicted octanol–water partition coefficient (Wildman–Crippen LogP) is -0.131. The summed E-state index contributed by atoms with van der Waals surface area (Å²) in [4.78, 5) is 62.2. The molecule has 182 valence electrons. The number of ether oxygens (including phenoxy) is 1. The highest BCUT2D eigenvalue weighted by Gasteiger charge is 2.20. The first-order chi connectivity index (χ1) is 15.6. The minimum atomic E-state index is -0.920. The van der Waals surface area contributed by atoms with Crippen molar-refractivity contribution in [3.8, 4) is 0 Å². The number of aromatic nitrogens is 1. The molecule has 0 aromatic carbocycles. The van der Waals surface area contributed by atoms with Gasteiger partial charge in [0.25, 0.3) is 5.56 Å². The summed E-state index contributed by atoms with van der Waals surface area (Å²) in [5.74, 6) is -1.81. The maximum atomic E-state index is 12.7. The molecule has 0 fully saturated rings. The van der Waals surface area contributed by atoms with E-state index in [-0.39, 0.29) is 31.2 Å². The van der Waals surface area contributed by atoms with Gasteiger partial charge in [-0.3, -0.25) is 19.2 Å². The van der Waals surface area contributed by atoms with Gasteiger partial charge in [0.05, 0.1) is 6.61 Å². The number of hydrogen-bond acceptors (Lipinski definition) is 7. The summed E-state index contributed by atoms with van der Waals surface area (Å²) >= 11 is 0. The summed E-state index contributed by atoms with van der Waals surface area (Å²) in [7, 11) is 3.77. The molecule has 1 heterocycles. The number of amides is 3. The van der Waals surface area contributed by atoms with Crippen molar-refractivity contribution in [1.82, 2.24) is 20.1 Å². The molecule has 3 N–H and O–H groups in total. The summed E-state index contributed by atoms with van der Waals surface area (Å²) in [6.45, 7) is 4.14. The summed E-state index contributed by atoms with van der Waals surface area (Å²) in [6, 6.07) is 2.04. The molecule has 0 saturated heterocycles. The zero-order valence-electron chi connectivity index (χ0n) is 19.6. The highest BCUT2D eigenvalue weighted by atomic mass is 16.5. The molecular formula is C22H33N5O6. The van der Waals surface area contributed by atoms with Crippen molar-refractivity contribution in [3.05, 3.63) is 40.8 Å². The Morgan fingerprint density at radius 1 is 1.24 bits per heavy atom. The molecule has 1 aromatic rings. The lowest BCUT2D eigenvalue weighted by Crippen LogP contribution is -2.44. The van der Waals surface area contributed by atoms with E-state index in [2.05, 4.69) is 16.0 Å². The maximum absolute atomic E-state index is 12.7. The lowest BCUT2D eigenvalue weighted by Gasteiger charge is -2.17.